The summed E-state index contributed by atoms with van der Waals surface area (Å²) in [5.41, 5.74) is 0.961. The molecule has 5 nitrogen and oxygen atoms in total. The van der Waals surface area contributed by atoms with E-state index in [1.54, 1.807) is 0 Å². The lowest BCUT2D eigenvalue weighted by molar-refractivity contribution is 0.0506. The van der Waals surface area contributed by atoms with E-state index in [0.717, 1.165) is 37.0 Å². The van der Waals surface area contributed by atoms with Gasteiger partial charge < -0.3 is 20.5 Å². The number of hydrogen-bond acceptors (Lipinski definition) is 3. The predicted molar refractivity (Wildman–Crippen MR) is 82.8 cm³/mol. The van der Waals surface area contributed by atoms with Crippen molar-refractivity contribution in [1.82, 2.24) is 5.32 Å². The number of hydrogen-bond donors (Lipinski definition) is 3. The highest BCUT2D eigenvalue weighted by Crippen LogP contribution is 2.28. The highest BCUT2D eigenvalue weighted by Gasteiger charge is 2.31. The fourth-order valence-electron chi connectivity index (χ4n) is 2.67. The number of aryl methyl sites for hydroxylation is 1. The van der Waals surface area contributed by atoms with Gasteiger partial charge in [0.2, 0.25) is 0 Å². The first-order valence-electron chi connectivity index (χ1n) is 7.53. The molecule has 0 heterocycles. The number of nitrogens with one attached hydrogen (secondary N) is 2. The smallest absolute Gasteiger partial charge is 0.319 e. The highest BCUT2D eigenvalue weighted by molar-refractivity contribution is 5.89. The number of carbonyl (C=O) groups is 1. The molecular formula is C16H24N2O3. The molecule has 0 bridgehead atoms. The largest absolute Gasteiger partial charge is 0.494 e. The topological polar surface area (TPSA) is 70.6 Å². The first kappa shape index (κ1) is 15.6. The Morgan fingerprint density at radius 2 is 2.10 bits per heavy atom. The summed E-state index contributed by atoms with van der Waals surface area (Å²) in [4.78, 5) is 11.9. The Labute approximate surface area is 125 Å². The van der Waals surface area contributed by atoms with Crippen LogP contribution in [0.1, 0.15) is 38.2 Å². The zero-order chi connectivity index (χ0) is 15.3. The van der Waals surface area contributed by atoms with Crippen LogP contribution < -0.4 is 15.4 Å². The minimum absolute atomic E-state index is 0.293. The first-order chi connectivity index (χ1) is 10.0. The van der Waals surface area contributed by atoms with E-state index in [-0.39, 0.29) is 6.03 Å². The fourth-order valence-corrected chi connectivity index (χ4v) is 2.67. The third kappa shape index (κ3) is 4.36. The lowest BCUT2D eigenvalue weighted by atomic mass is 10.0. The van der Waals surface area contributed by atoms with Gasteiger partial charge in [-0.3, -0.25) is 0 Å². The Hall–Kier alpha value is -1.75. The van der Waals surface area contributed by atoms with Gasteiger partial charge >= 0.3 is 6.03 Å². The maximum Gasteiger partial charge on any atom is 0.319 e. The van der Waals surface area contributed by atoms with Crippen molar-refractivity contribution in [3.05, 3.63) is 23.8 Å². The van der Waals surface area contributed by atoms with Crippen molar-refractivity contribution < 1.29 is 14.6 Å². The van der Waals surface area contributed by atoms with Crippen molar-refractivity contribution in [3.63, 3.8) is 0 Å². The van der Waals surface area contributed by atoms with E-state index >= 15 is 0 Å². The van der Waals surface area contributed by atoms with Crippen LogP contribution in [0.2, 0.25) is 0 Å². The van der Waals surface area contributed by atoms with Crippen molar-refractivity contribution in [2.45, 2.75) is 45.1 Å². The van der Waals surface area contributed by atoms with Crippen LogP contribution in [0.4, 0.5) is 10.5 Å². The number of urea groups is 1. The van der Waals surface area contributed by atoms with Gasteiger partial charge in [-0.15, -0.1) is 0 Å². The van der Waals surface area contributed by atoms with Crippen molar-refractivity contribution >= 4 is 11.7 Å². The standard InChI is InChI=1S/C16H24N2O3/c1-3-21-14-7-6-13(10-12(14)2)18-15(19)17-11-16(20)8-4-5-9-16/h6-7,10,20H,3-5,8-9,11H2,1-2H3,(H2,17,18,19). The average molecular weight is 292 g/mol. The van der Waals surface area contributed by atoms with Crippen LogP contribution in [-0.2, 0) is 0 Å². The van der Waals surface area contributed by atoms with Gasteiger partial charge in [-0.1, -0.05) is 12.8 Å². The second-order valence-electron chi connectivity index (χ2n) is 5.65. The summed E-state index contributed by atoms with van der Waals surface area (Å²) in [6.07, 6.45) is 3.57. The molecule has 1 saturated carbocycles. The van der Waals surface area contributed by atoms with Gasteiger partial charge in [0.15, 0.2) is 0 Å². The van der Waals surface area contributed by atoms with Crippen LogP contribution in [-0.4, -0.2) is 29.9 Å². The molecule has 0 aliphatic heterocycles. The Bertz CT molecular complexity index is 496. The lowest BCUT2D eigenvalue weighted by Gasteiger charge is -2.22. The van der Waals surface area contributed by atoms with E-state index < -0.39 is 5.60 Å². The van der Waals surface area contributed by atoms with Gasteiger partial charge in [0.25, 0.3) is 0 Å². The minimum atomic E-state index is -0.730. The van der Waals surface area contributed by atoms with Crippen LogP contribution in [0.25, 0.3) is 0 Å². The number of rotatable bonds is 5. The molecule has 0 spiro atoms. The summed E-state index contributed by atoms with van der Waals surface area (Å²) in [6.45, 7) is 4.80. The highest BCUT2D eigenvalue weighted by atomic mass is 16.5. The first-order valence-corrected chi connectivity index (χ1v) is 7.53. The number of benzene rings is 1. The molecule has 1 aromatic rings. The van der Waals surface area contributed by atoms with Gasteiger partial charge in [-0.05, 0) is 50.5 Å². The average Bonchev–Trinajstić information content (AvgIpc) is 2.87. The summed E-state index contributed by atoms with van der Waals surface area (Å²) in [6, 6.07) is 5.23. The second-order valence-corrected chi connectivity index (χ2v) is 5.65. The number of carbonyl (C=O) groups excluding carboxylic acids is 1. The molecular weight excluding hydrogens is 268 g/mol. The minimum Gasteiger partial charge on any atom is -0.494 e. The number of aliphatic hydroxyl groups is 1. The van der Waals surface area contributed by atoms with Gasteiger partial charge in [0, 0.05) is 12.2 Å². The molecule has 5 heteroatoms. The molecule has 1 aromatic carbocycles. The van der Waals surface area contributed by atoms with E-state index in [1.807, 2.05) is 32.0 Å². The molecule has 2 amide bonds. The maximum absolute atomic E-state index is 11.9. The molecule has 3 N–H and O–H groups in total. The Balaban J connectivity index is 1.86. The van der Waals surface area contributed by atoms with Crippen LogP contribution in [0.15, 0.2) is 18.2 Å². The van der Waals surface area contributed by atoms with E-state index in [4.69, 9.17) is 4.74 Å². The SMILES string of the molecule is CCOc1ccc(NC(=O)NCC2(O)CCCC2)cc1C. The van der Waals surface area contributed by atoms with Gasteiger partial charge in [0.05, 0.1) is 12.2 Å². The summed E-state index contributed by atoms with van der Waals surface area (Å²) in [7, 11) is 0. The van der Waals surface area contributed by atoms with Gasteiger partial charge in [-0.2, -0.15) is 0 Å². The normalized spacial score (nSPS) is 16.5. The number of anilines is 1. The number of amides is 2. The zero-order valence-electron chi connectivity index (χ0n) is 12.7. The molecule has 116 valence electrons. The molecule has 1 aliphatic carbocycles. The van der Waals surface area contributed by atoms with E-state index in [0.29, 0.717) is 18.8 Å². The molecule has 21 heavy (non-hydrogen) atoms. The summed E-state index contributed by atoms with van der Waals surface area (Å²) in [5.74, 6) is 0.823. The van der Waals surface area contributed by atoms with Crippen molar-refractivity contribution in [2.75, 3.05) is 18.5 Å². The molecule has 0 atom stereocenters. The Kier molecular flexibility index (Phi) is 5.07. The molecule has 1 fully saturated rings. The molecule has 0 radical (unpaired) electrons. The van der Waals surface area contributed by atoms with Crippen LogP contribution in [0.5, 0.6) is 5.75 Å². The molecule has 1 aliphatic rings. The van der Waals surface area contributed by atoms with E-state index in [1.165, 1.54) is 0 Å². The van der Waals surface area contributed by atoms with Crippen molar-refractivity contribution in [1.29, 1.82) is 0 Å². The second kappa shape index (κ2) is 6.80. The molecule has 0 aromatic heterocycles. The van der Waals surface area contributed by atoms with E-state index in [2.05, 4.69) is 10.6 Å². The van der Waals surface area contributed by atoms with Crippen LogP contribution in [0.3, 0.4) is 0 Å². The quantitative estimate of drug-likeness (QED) is 0.781. The molecule has 0 saturated heterocycles. The lowest BCUT2D eigenvalue weighted by Crippen LogP contribution is -2.42. The fraction of sp³-hybridized carbons (Fsp3) is 0.562. The van der Waals surface area contributed by atoms with Gasteiger partial charge in [-0.25, -0.2) is 4.79 Å². The zero-order valence-corrected chi connectivity index (χ0v) is 12.7. The van der Waals surface area contributed by atoms with Crippen LogP contribution in [0, 0.1) is 6.92 Å². The van der Waals surface area contributed by atoms with Crippen molar-refractivity contribution in [2.24, 2.45) is 0 Å². The van der Waals surface area contributed by atoms with Crippen molar-refractivity contribution in [3.8, 4) is 5.75 Å². The Morgan fingerprint density at radius 1 is 1.38 bits per heavy atom. The van der Waals surface area contributed by atoms with Gasteiger partial charge in [0.1, 0.15) is 5.75 Å². The third-order valence-electron chi connectivity index (χ3n) is 3.84. The van der Waals surface area contributed by atoms with E-state index in [9.17, 15) is 9.90 Å². The monoisotopic (exact) mass is 292 g/mol. The summed E-state index contributed by atoms with van der Waals surface area (Å²) < 4.78 is 5.46. The van der Waals surface area contributed by atoms with Crippen LogP contribution >= 0.6 is 0 Å². The maximum atomic E-state index is 11.9. The number of ether oxygens (including phenoxy) is 1. The Morgan fingerprint density at radius 3 is 2.71 bits per heavy atom. The third-order valence-corrected chi connectivity index (χ3v) is 3.84. The molecule has 0 unspecified atom stereocenters. The molecule has 2 rings (SSSR count). The summed E-state index contributed by atoms with van der Waals surface area (Å²) >= 11 is 0. The summed E-state index contributed by atoms with van der Waals surface area (Å²) in [5, 5.41) is 15.7. The predicted octanol–water partition coefficient (Wildman–Crippen LogP) is 2.82.